The Balaban J connectivity index is 2.13. The van der Waals surface area contributed by atoms with E-state index in [4.69, 9.17) is 10.5 Å². The summed E-state index contributed by atoms with van der Waals surface area (Å²) in [7, 11) is 0.263. The van der Waals surface area contributed by atoms with Crippen molar-refractivity contribution in [2.75, 3.05) is 18.6 Å². The van der Waals surface area contributed by atoms with Gasteiger partial charge in [0.15, 0.2) is 0 Å². The van der Waals surface area contributed by atoms with Crippen molar-refractivity contribution in [3.63, 3.8) is 0 Å². The number of aromatic nitrogens is 1. The number of nitrogen functional groups attached to an aromatic ring is 1. The maximum absolute atomic E-state index is 12.3. The second-order valence-corrected chi connectivity index (χ2v) is 5.72. The summed E-state index contributed by atoms with van der Waals surface area (Å²) < 4.78 is 18.9. The summed E-state index contributed by atoms with van der Waals surface area (Å²) in [5.74, 6) is 0.931. The lowest BCUT2D eigenvalue weighted by Crippen LogP contribution is -2.21. The van der Waals surface area contributed by atoms with E-state index in [2.05, 4.69) is 0 Å². The molecular weight excluding hydrogens is 276 g/mol. The fourth-order valence-electron chi connectivity index (χ4n) is 1.78. The Morgan fingerprint density at radius 1 is 1.30 bits per heavy atom. The Morgan fingerprint density at radius 3 is 2.80 bits per heavy atom. The maximum Gasteiger partial charge on any atom is 0.250 e. The summed E-state index contributed by atoms with van der Waals surface area (Å²) in [6, 6.07) is 9.97. The molecule has 1 heterocycles. The molecule has 1 aromatic heterocycles. The van der Waals surface area contributed by atoms with Crippen LogP contribution in [-0.2, 0) is 17.3 Å². The minimum atomic E-state index is -1.28. The van der Waals surface area contributed by atoms with Gasteiger partial charge in [-0.25, -0.2) is 0 Å². The number of hydrogen-bond donors (Lipinski definition) is 1. The number of pyridine rings is 1. The number of nitrogens with two attached hydrogens (primary N) is 1. The Labute approximate surface area is 119 Å². The van der Waals surface area contributed by atoms with E-state index in [0.29, 0.717) is 28.6 Å². The van der Waals surface area contributed by atoms with Gasteiger partial charge in [0.1, 0.15) is 5.75 Å². The summed E-state index contributed by atoms with van der Waals surface area (Å²) in [6.07, 6.45) is 1.68. The number of anilines is 1. The number of nitrogens with zero attached hydrogens (tertiary/aromatic N) is 1. The van der Waals surface area contributed by atoms with Crippen molar-refractivity contribution in [1.29, 1.82) is 0 Å². The third-order valence-electron chi connectivity index (χ3n) is 2.88. The average Bonchev–Trinajstić information content (AvgIpc) is 2.46. The number of hydrogen-bond acceptors (Lipinski definition) is 4. The summed E-state index contributed by atoms with van der Waals surface area (Å²) in [4.78, 5) is 12.1. The van der Waals surface area contributed by atoms with E-state index in [0.717, 1.165) is 0 Å². The monoisotopic (exact) mass is 292 g/mol. The third-order valence-corrected chi connectivity index (χ3v) is 4.28. The largest absolute Gasteiger partial charge is 0.497 e. The van der Waals surface area contributed by atoms with Gasteiger partial charge in [-0.15, -0.1) is 0 Å². The van der Waals surface area contributed by atoms with Crippen molar-refractivity contribution in [3.05, 3.63) is 52.9 Å². The fourth-order valence-corrected chi connectivity index (χ4v) is 2.94. The van der Waals surface area contributed by atoms with Gasteiger partial charge in [0, 0.05) is 30.2 Å². The van der Waals surface area contributed by atoms with Crippen molar-refractivity contribution in [2.24, 2.45) is 0 Å². The van der Waals surface area contributed by atoms with E-state index in [1.54, 1.807) is 43.6 Å². The molecule has 1 aromatic carbocycles. The predicted molar refractivity (Wildman–Crippen MR) is 79.4 cm³/mol. The van der Waals surface area contributed by atoms with Gasteiger partial charge in [-0.1, -0.05) is 6.07 Å². The molecule has 1 unspecified atom stereocenters. The van der Waals surface area contributed by atoms with Crippen molar-refractivity contribution in [3.8, 4) is 5.75 Å². The van der Waals surface area contributed by atoms with Crippen LogP contribution in [0.3, 0.4) is 0 Å². The van der Waals surface area contributed by atoms with Gasteiger partial charge in [-0.05, 0) is 24.3 Å². The Morgan fingerprint density at radius 2 is 2.10 bits per heavy atom. The van der Waals surface area contributed by atoms with Crippen LogP contribution >= 0.6 is 0 Å². The van der Waals surface area contributed by atoms with Crippen LogP contribution in [0, 0.1) is 0 Å². The minimum absolute atomic E-state index is 0.108. The second-order valence-electron chi connectivity index (χ2n) is 4.19. The van der Waals surface area contributed by atoms with Crippen LogP contribution in [0.15, 0.2) is 52.3 Å². The SMILES string of the molecule is COc1ccc(N)c(S(=O)CCn2ccccc2=O)c1. The molecule has 0 spiro atoms. The fraction of sp³-hybridized carbons (Fsp3) is 0.214. The summed E-state index contributed by atoms with van der Waals surface area (Å²) in [5, 5.41) is 0. The molecule has 0 aliphatic carbocycles. The first kappa shape index (κ1) is 14.3. The van der Waals surface area contributed by atoms with E-state index in [1.165, 1.54) is 10.6 Å². The molecule has 5 nitrogen and oxygen atoms in total. The zero-order valence-electron chi connectivity index (χ0n) is 11.1. The lowest BCUT2D eigenvalue weighted by atomic mass is 10.3. The van der Waals surface area contributed by atoms with E-state index in [-0.39, 0.29) is 5.56 Å². The van der Waals surface area contributed by atoms with Crippen molar-refractivity contribution in [2.45, 2.75) is 11.4 Å². The molecule has 2 aromatic rings. The number of ether oxygens (including phenoxy) is 1. The van der Waals surface area contributed by atoms with Gasteiger partial charge < -0.3 is 15.0 Å². The molecule has 0 bridgehead atoms. The molecule has 0 fully saturated rings. The number of methoxy groups -OCH3 is 1. The normalized spacial score (nSPS) is 12.1. The van der Waals surface area contributed by atoms with E-state index < -0.39 is 10.8 Å². The van der Waals surface area contributed by atoms with Crippen LogP contribution < -0.4 is 16.0 Å². The Kier molecular flexibility index (Phi) is 4.57. The van der Waals surface area contributed by atoms with Gasteiger partial charge in [-0.2, -0.15) is 0 Å². The topological polar surface area (TPSA) is 74.3 Å². The average molecular weight is 292 g/mol. The summed E-state index contributed by atoms with van der Waals surface area (Å²) >= 11 is 0. The number of benzene rings is 1. The molecule has 6 heteroatoms. The summed E-state index contributed by atoms with van der Waals surface area (Å²) in [6.45, 7) is 0.378. The molecule has 0 saturated carbocycles. The van der Waals surface area contributed by atoms with Crippen LogP contribution in [0.2, 0.25) is 0 Å². The third kappa shape index (κ3) is 3.27. The van der Waals surface area contributed by atoms with Crippen LogP contribution in [0.4, 0.5) is 5.69 Å². The molecular formula is C14H16N2O3S. The van der Waals surface area contributed by atoms with Crippen LogP contribution in [-0.4, -0.2) is 21.6 Å². The van der Waals surface area contributed by atoms with Gasteiger partial charge in [0.05, 0.1) is 22.8 Å². The Bertz CT molecular complexity index is 682. The lowest BCUT2D eigenvalue weighted by Gasteiger charge is -2.09. The van der Waals surface area contributed by atoms with E-state index >= 15 is 0 Å². The highest BCUT2D eigenvalue weighted by Gasteiger charge is 2.10. The molecule has 1 atom stereocenters. The zero-order chi connectivity index (χ0) is 14.5. The smallest absolute Gasteiger partial charge is 0.250 e. The van der Waals surface area contributed by atoms with Gasteiger partial charge in [0.25, 0.3) is 5.56 Å². The minimum Gasteiger partial charge on any atom is -0.497 e. The van der Waals surface area contributed by atoms with E-state index in [9.17, 15) is 9.00 Å². The highest BCUT2D eigenvalue weighted by molar-refractivity contribution is 7.85. The van der Waals surface area contributed by atoms with Crippen LogP contribution in [0.25, 0.3) is 0 Å². The van der Waals surface area contributed by atoms with Gasteiger partial charge >= 0.3 is 0 Å². The standard InChI is InChI=1S/C14H16N2O3S/c1-19-11-5-6-12(15)13(10-11)20(18)9-8-16-7-3-2-4-14(16)17/h2-7,10H,8-9,15H2,1H3. The maximum atomic E-state index is 12.3. The molecule has 2 N–H and O–H groups in total. The second kappa shape index (κ2) is 6.38. The molecule has 2 rings (SSSR count). The van der Waals surface area contributed by atoms with Crippen molar-refractivity contribution >= 4 is 16.5 Å². The zero-order valence-corrected chi connectivity index (χ0v) is 11.9. The number of rotatable bonds is 5. The first-order valence-electron chi connectivity index (χ1n) is 6.09. The van der Waals surface area contributed by atoms with Crippen molar-refractivity contribution in [1.82, 2.24) is 4.57 Å². The van der Waals surface area contributed by atoms with Gasteiger partial charge in [0.2, 0.25) is 0 Å². The first-order valence-corrected chi connectivity index (χ1v) is 7.41. The molecule has 20 heavy (non-hydrogen) atoms. The Hall–Kier alpha value is -2.08. The quantitative estimate of drug-likeness (QED) is 0.842. The predicted octanol–water partition coefficient (Wildman–Crippen LogP) is 1.25. The highest BCUT2D eigenvalue weighted by Crippen LogP contribution is 2.22. The molecule has 0 aliphatic rings. The lowest BCUT2D eigenvalue weighted by molar-refractivity contribution is 0.413. The van der Waals surface area contributed by atoms with E-state index in [1.807, 2.05) is 0 Å². The number of aryl methyl sites for hydroxylation is 1. The van der Waals surface area contributed by atoms with Crippen LogP contribution in [0.5, 0.6) is 5.75 Å². The van der Waals surface area contributed by atoms with Crippen molar-refractivity contribution < 1.29 is 8.95 Å². The molecule has 106 valence electrons. The molecule has 0 radical (unpaired) electrons. The first-order chi connectivity index (χ1) is 9.61. The van der Waals surface area contributed by atoms with Gasteiger partial charge in [-0.3, -0.25) is 9.00 Å². The molecule has 0 aliphatic heterocycles. The van der Waals surface area contributed by atoms with Crippen LogP contribution in [0.1, 0.15) is 0 Å². The highest BCUT2D eigenvalue weighted by atomic mass is 32.2. The molecule has 0 saturated heterocycles. The molecule has 0 amide bonds. The summed E-state index contributed by atoms with van der Waals surface area (Å²) in [5.41, 5.74) is 6.18.